The van der Waals surface area contributed by atoms with Gasteiger partial charge in [0.25, 0.3) is 0 Å². The zero-order valence-corrected chi connectivity index (χ0v) is 11.1. The summed E-state index contributed by atoms with van der Waals surface area (Å²) in [4.78, 5) is 2.59. The third-order valence-electron chi connectivity index (χ3n) is 3.66. The van der Waals surface area contributed by atoms with Gasteiger partial charge in [0, 0.05) is 25.6 Å². The first-order chi connectivity index (χ1) is 8.35. The fraction of sp³-hybridized carbons (Fsp3) is 0.600. The number of nitrogens with zero attached hydrogens (tertiary/aromatic N) is 1. The average molecular weight is 232 g/mol. The second-order valence-electron chi connectivity index (χ2n) is 5.00. The molecule has 1 aliphatic carbocycles. The van der Waals surface area contributed by atoms with Crippen LogP contribution in [0.3, 0.4) is 0 Å². The number of fused-ring (bicyclic) bond motifs is 1. The van der Waals surface area contributed by atoms with E-state index in [2.05, 4.69) is 41.4 Å². The maximum atomic E-state index is 3.24. The third kappa shape index (κ3) is 3.08. The Bertz CT molecular complexity index is 349. The number of hydrogen-bond donors (Lipinski definition) is 1. The summed E-state index contributed by atoms with van der Waals surface area (Å²) in [5.74, 6) is 0.773. The van der Waals surface area contributed by atoms with Gasteiger partial charge in [-0.05, 0) is 37.6 Å². The summed E-state index contributed by atoms with van der Waals surface area (Å²) in [7, 11) is 2.03. The second kappa shape index (κ2) is 6.18. The summed E-state index contributed by atoms with van der Waals surface area (Å²) in [6.45, 7) is 6.98. The fourth-order valence-corrected chi connectivity index (χ4v) is 2.72. The lowest BCUT2D eigenvalue weighted by molar-refractivity contribution is 0.250. The maximum Gasteiger partial charge on any atom is 0.0107 e. The lowest BCUT2D eigenvalue weighted by atomic mass is 9.77. The number of hydrogen-bond acceptors (Lipinski definition) is 2. The highest BCUT2D eigenvalue weighted by Crippen LogP contribution is 2.35. The van der Waals surface area contributed by atoms with Gasteiger partial charge in [-0.15, -0.1) is 0 Å². The van der Waals surface area contributed by atoms with Gasteiger partial charge < -0.3 is 10.2 Å². The second-order valence-corrected chi connectivity index (χ2v) is 5.00. The Labute approximate surface area is 105 Å². The molecular formula is C15H24N2. The Morgan fingerprint density at radius 2 is 2.12 bits per heavy atom. The molecule has 1 atom stereocenters. The van der Waals surface area contributed by atoms with E-state index >= 15 is 0 Å². The van der Waals surface area contributed by atoms with Crippen molar-refractivity contribution in [2.75, 3.05) is 33.2 Å². The van der Waals surface area contributed by atoms with Crippen LogP contribution in [0.1, 0.15) is 30.4 Å². The van der Waals surface area contributed by atoms with Crippen LogP contribution < -0.4 is 5.32 Å². The summed E-state index contributed by atoms with van der Waals surface area (Å²) in [5.41, 5.74) is 3.14. The average Bonchev–Trinajstić information content (AvgIpc) is 2.33. The molecule has 0 bridgehead atoms. The van der Waals surface area contributed by atoms with Crippen LogP contribution in [-0.2, 0) is 6.42 Å². The minimum Gasteiger partial charge on any atom is -0.318 e. The normalized spacial score (nSPS) is 17.9. The molecule has 2 nitrogen and oxygen atoms in total. The van der Waals surface area contributed by atoms with Crippen molar-refractivity contribution in [3.8, 4) is 0 Å². The van der Waals surface area contributed by atoms with Gasteiger partial charge in [0.05, 0.1) is 0 Å². The molecule has 1 unspecified atom stereocenters. The zero-order valence-electron chi connectivity index (χ0n) is 11.1. The largest absolute Gasteiger partial charge is 0.318 e. The predicted molar refractivity (Wildman–Crippen MR) is 73.5 cm³/mol. The number of likely N-dealkylation sites (N-methyl/N-ethyl adjacent to an activating group) is 1. The highest BCUT2D eigenvalue weighted by atomic mass is 15.1. The zero-order chi connectivity index (χ0) is 12.1. The number of rotatable bonds is 7. The van der Waals surface area contributed by atoms with Gasteiger partial charge in [-0.25, -0.2) is 0 Å². The highest BCUT2D eigenvalue weighted by Gasteiger charge is 2.26. The van der Waals surface area contributed by atoms with Gasteiger partial charge in [-0.2, -0.15) is 0 Å². The van der Waals surface area contributed by atoms with E-state index in [1.807, 2.05) is 7.05 Å². The Morgan fingerprint density at radius 1 is 1.29 bits per heavy atom. The standard InChI is InChI=1S/C15H24N2/c1-3-9-17(10-8-16-2)12-14-11-13-6-4-5-7-15(13)14/h4-7,14,16H,3,8-12H2,1-2H3. The van der Waals surface area contributed by atoms with Crippen LogP contribution >= 0.6 is 0 Å². The quantitative estimate of drug-likeness (QED) is 0.776. The summed E-state index contributed by atoms with van der Waals surface area (Å²) in [6.07, 6.45) is 2.52. The third-order valence-corrected chi connectivity index (χ3v) is 3.66. The smallest absolute Gasteiger partial charge is 0.0107 e. The highest BCUT2D eigenvalue weighted by molar-refractivity contribution is 5.40. The molecule has 2 rings (SSSR count). The molecule has 2 heteroatoms. The molecule has 0 saturated carbocycles. The van der Waals surface area contributed by atoms with Crippen LogP contribution in [0, 0.1) is 0 Å². The molecule has 1 aromatic carbocycles. The van der Waals surface area contributed by atoms with E-state index in [4.69, 9.17) is 0 Å². The molecule has 0 fully saturated rings. The van der Waals surface area contributed by atoms with E-state index in [0.717, 1.165) is 12.5 Å². The van der Waals surface area contributed by atoms with Gasteiger partial charge in [0.15, 0.2) is 0 Å². The molecule has 0 saturated heterocycles. The SMILES string of the molecule is CCCN(CCNC)CC1Cc2ccccc21. The minimum absolute atomic E-state index is 0.773. The van der Waals surface area contributed by atoms with Crippen LogP contribution in [0.2, 0.25) is 0 Å². The Morgan fingerprint density at radius 3 is 2.82 bits per heavy atom. The van der Waals surface area contributed by atoms with Crippen molar-refractivity contribution < 1.29 is 0 Å². The summed E-state index contributed by atoms with van der Waals surface area (Å²) in [5, 5.41) is 3.24. The summed E-state index contributed by atoms with van der Waals surface area (Å²) < 4.78 is 0. The van der Waals surface area contributed by atoms with E-state index in [0.29, 0.717) is 0 Å². The van der Waals surface area contributed by atoms with Crippen molar-refractivity contribution in [3.05, 3.63) is 35.4 Å². The van der Waals surface area contributed by atoms with Crippen molar-refractivity contribution in [3.63, 3.8) is 0 Å². The lowest BCUT2D eigenvalue weighted by Crippen LogP contribution is -2.37. The summed E-state index contributed by atoms with van der Waals surface area (Å²) in [6, 6.07) is 8.89. The van der Waals surface area contributed by atoms with Crippen LogP contribution in [0.5, 0.6) is 0 Å². The first-order valence-corrected chi connectivity index (χ1v) is 6.80. The lowest BCUT2D eigenvalue weighted by Gasteiger charge is -2.35. The molecule has 0 spiro atoms. The van der Waals surface area contributed by atoms with Crippen LogP contribution in [0.4, 0.5) is 0 Å². The fourth-order valence-electron chi connectivity index (χ4n) is 2.72. The predicted octanol–water partition coefficient (Wildman–Crippen LogP) is 2.26. The van der Waals surface area contributed by atoms with E-state index in [9.17, 15) is 0 Å². The Hall–Kier alpha value is -0.860. The van der Waals surface area contributed by atoms with Crippen molar-refractivity contribution >= 4 is 0 Å². The molecular weight excluding hydrogens is 208 g/mol. The molecule has 0 aromatic heterocycles. The molecule has 1 N–H and O–H groups in total. The van der Waals surface area contributed by atoms with Crippen molar-refractivity contribution in [2.45, 2.75) is 25.7 Å². The molecule has 1 aromatic rings. The monoisotopic (exact) mass is 232 g/mol. The van der Waals surface area contributed by atoms with E-state index in [1.54, 1.807) is 11.1 Å². The molecule has 0 aliphatic heterocycles. The molecule has 94 valence electrons. The molecule has 1 aliphatic rings. The number of nitrogens with one attached hydrogen (secondary N) is 1. The van der Waals surface area contributed by atoms with E-state index in [1.165, 1.54) is 32.5 Å². The van der Waals surface area contributed by atoms with E-state index < -0.39 is 0 Å². The molecule has 0 radical (unpaired) electrons. The van der Waals surface area contributed by atoms with Gasteiger partial charge in [-0.1, -0.05) is 31.2 Å². The maximum absolute atomic E-state index is 3.24. The molecule has 0 amide bonds. The van der Waals surface area contributed by atoms with Gasteiger partial charge in [-0.3, -0.25) is 0 Å². The van der Waals surface area contributed by atoms with Crippen molar-refractivity contribution in [2.24, 2.45) is 0 Å². The molecule has 0 heterocycles. The Kier molecular flexibility index (Phi) is 4.57. The van der Waals surface area contributed by atoms with Crippen LogP contribution in [0.15, 0.2) is 24.3 Å². The topological polar surface area (TPSA) is 15.3 Å². The van der Waals surface area contributed by atoms with Gasteiger partial charge >= 0.3 is 0 Å². The van der Waals surface area contributed by atoms with Crippen molar-refractivity contribution in [1.29, 1.82) is 0 Å². The van der Waals surface area contributed by atoms with Gasteiger partial charge in [0.1, 0.15) is 0 Å². The molecule has 17 heavy (non-hydrogen) atoms. The van der Waals surface area contributed by atoms with Gasteiger partial charge in [0.2, 0.25) is 0 Å². The first-order valence-electron chi connectivity index (χ1n) is 6.80. The summed E-state index contributed by atoms with van der Waals surface area (Å²) >= 11 is 0. The van der Waals surface area contributed by atoms with E-state index in [-0.39, 0.29) is 0 Å². The number of benzene rings is 1. The first kappa shape index (κ1) is 12.6. The van der Waals surface area contributed by atoms with Crippen molar-refractivity contribution in [1.82, 2.24) is 10.2 Å². The minimum atomic E-state index is 0.773. The Balaban J connectivity index is 1.87. The van der Waals surface area contributed by atoms with Crippen LogP contribution in [-0.4, -0.2) is 38.1 Å². The van der Waals surface area contributed by atoms with Crippen LogP contribution in [0.25, 0.3) is 0 Å².